The molecule has 174 valence electrons. The van der Waals surface area contributed by atoms with Gasteiger partial charge in [-0.1, -0.05) is 19.1 Å². The summed E-state index contributed by atoms with van der Waals surface area (Å²) in [6.07, 6.45) is 12.0. The lowest BCUT2D eigenvalue weighted by Crippen LogP contribution is -2.39. The van der Waals surface area contributed by atoms with Crippen molar-refractivity contribution >= 4 is 30.0 Å². The van der Waals surface area contributed by atoms with Gasteiger partial charge in [0.05, 0.1) is 11.9 Å². The lowest BCUT2D eigenvalue weighted by Gasteiger charge is -2.31. The number of nitrogens with zero attached hydrogens (tertiary/aromatic N) is 6. The van der Waals surface area contributed by atoms with E-state index in [4.69, 9.17) is 9.47 Å². The molecular formula is C25H26N6O2S. The summed E-state index contributed by atoms with van der Waals surface area (Å²) >= 11 is 1.72. The van der Waals surface area contributed by atoms with Gasteiger partial charge < -0.3 is 14.4 Å². The monoisotopic (exact) mass is 474 g/mol. The van der Waals surface area contributed by atoms with E-state index < -0.39 is 0 Å². The molecule has 34 heavy (non-hydrogen) atoms. The number of hydrogen-bond acceptors (Lipinski definition) is 9. The summed E-state index contributed by atoms with van der Waals surface area (Å²) in [7, 11) is 0. The van der Waals surface area contributed by atoms with Crippen molar-refractivity contribution in [2.24, 2.45) is 4.99 Å². The van der Waals surface area contributed by atoms with Crippen LogP contribution in [0.2, 0.25) is 0 Å². The van der Waals surface area contributed by atoms with Gasteiger partial charge in [-0.25, -0.2) is 19.9 Å². The summed E-state index contributed by atoms with van der Waals surface area (Å²) < 4.78 is 12.1. The average molecular weight is 475 g/mol. The summed E-state index contributed by atoms with van der Waals surface area (Å²) in [4.78, 5) is 25.1. The van der Waals surface area contributed by atoms with Gasteiger partial charge in [0.1, 0.15) is 18.2 Å². The highest BCUT2D eigenvalue weighted by Gasteiger charge is 2.23. The molecule has 0 saturated carbocycles. The van der Waals surface area contributed by atoms with Crippen molar-refractivity contribution in [1.82, 2.24) is 19.9 Å². The third-order valence-corrected chi connectivity index (χ3v) is 6.48. The molecule has 9 heteroatoms. The Bertz CT molecular complexity index is 1180. The van der Waals surface area contributed by atoms with Gasteiger partial charge in [0, 0.05) is 49.4 Å². The largest absolute Gasteiger partial charge is 0.474 e. The molecule has 0 spiro atoms. The van der Waals surface area contributed by atoms with Crippen LogP contribution in [0.4, 0.5) is 5.95 Å². The Morgan fingerprint density at radius 3 is 2.65 bits per heavy atom. The first kappa shape index (κ1) is 22.3. The molecule has 5 rings (SSSR count). The number of aryl methyl sites for hydroxylation is 1. The molecule has 2 aliphatic rings. The van der Waals surface area contributed by atoms with Crippen molar-refractivity contribution in [3.63, 3.8) is 0 Å². The minimum Gasteiger partial charge on any atom is -0.474 e. The minimum absolute atomic E-state index is 0.0782. The van der Waals surface area contributed by atoms with Crippen molar-refractivity contribution in [2.45, 2.75) is 32.3 Å². The number of aromatic nitrogens is 4. The van der Waals surface area contributed by atoms with Gasteiger partial charge in [-0.3, -0.25) is 4.99 Å². The number of thioether (sulfide) groups is 1. The number of ether oxygens (including phenoxy) is 2. The van der Waals surface area contributed by atoms with Gasteiger partial charge in [-0.2, -0.15) is 0 Å². The van der Waals surface area contributed by atoms with Crippen LogP contribution in [-0.4, -0.2) is 51.2 Å². The summed E-state index contributed by atoms with van der Waals surface area (Å²) in [5.41, 5.74) is 2.20. The number of allylic oxidation sites excluding steroid dienone is 1. The maximum atomic E-state index is 6.14. The molecule has 3 aromatic rings. The average Bonchev–Trinajstić information content (AvgIpc) is 3.38. The molecule has 0 amide bonds. The van der Waals surface area contributed by atoms with Crippen LogP contribution < -0.4 is 14.4 Å². The number of hydrogen-bond donors (Lipinski definition) is 0. The van der Waals surface area contributed by atoms with E-state index in [1.807, 2.05) is 42.9 Å². The molecule has 8 nitrogen and oxygen atoms in total. The maximum absolute atomic E-state index is 6.14. The number of rotatable bonds is 7. The van der Waals surface area contributed by atoms with Crippen LogP contribution in [0.15, 0.2) is 59.0 Å². The van der Waals surface area contributed by atoms with Gasteiger partial charge in [0.2, 0.25) is 17.7 Å². The Morgan fingerprint density at radius 1 is 1.06 bits per heavy atom. The molecule has 1 fully saturated rings. The summed E-state index contributed by atoms with van der Waals surface area (Å²) in [5.74, 6) is 3.24. The quantitative estimate of drug-likeness (QED) is 0.483. The van der Waals surface area contributed by atoms with Crippen LogP contribution in [-0.2, 0) is 6.42 Å². The summed E-state index contributed by atoms with van der Waals surface area (Å²) in [5, 5.41) is 0. The molecule has 0 N–H and O–H groups in total. The van der Waals surface area contributed by atoms with E-state index in [9.17, 15) is 0 Å². The standard InChI is InChI=1S/C25H26N6O2S/c1-2-18-13-27-25(28-14-18)31-8-6-20(7-9-31)32-23-12-24(30-16-29-23)33-21-5-3-4-19(10-21)11-22-15-26-17-34-22/h3-5,10-16,20H,2,6-9,17H2,1H3. The highest BCUT2D eigenvalue weighted by atomic mass is 32.2. The minimum atomic E-state index is 0.0782. The predicted octanol–water partition coefficient (Wildman–Crippen LogP) is 4.79. The zero-order valence-electron chi connectivity index (χ0n) is 19.0. The van der Waals surface area contributed by atoms with Crippen molar-refractivity contribution < 1.29 is 9.47 Å². The third kappa shape index (κ3) is 5.72. The van der Waals surface area contributed by atoms with E-state index in [0.717, 1.165) is 60.2 Å². The molecule has 0 radical (unpaired) electrons. The Morgan fingerprint density at radius 2 is 1.88 bits per heavy atom. The van der Waals surface area contributed by atoms with Gasteiger partial charge in [0.25, 0.3) is 0 Å². The second-order valence-corrected chi connectivity index (χ2v) is 9.07. The van der Waals surface area contributed by atoms with E-state index in [0.29, 0.717) is 17.5 Å². The number of anilines is 1. The van der Waals surface area contributed by atoms with Crippen molar-refractivity contribution in [2.75, 3.05) is 23.9 Å². The Labute approximate surface area is 203 Å². The van der Waals surface area contributed by atoms with E-state index in [1.165, 1.54) is 6.33 Å². The van der Waals surface area contributed by atoms with E-state index in [-0.39, 0.29) is 6.10 Å². The van der Waals surface area contributed by atoms with Crippen LogP contribution in [0, 0.1) is 0 Å². The topological polar surface area (TPSA) is 85.6 Å². The maximum Gasteiger partial charge on any atom is 0.226 e. The SMILES string of the molecule is CCc1cnc(N2CCC(Oc3cc(Oc4cccc(C=C5C=NCS5)c4)ncn3)CC2)nc1. The third-order valence-electron chi connectivity index (χ3n) is 5.64. The fraction of sp³-hybridized carbons (Fsp3) is 0.320. The second kappa shape index (κ2) is 10.6. The Balaban J connectivity index is 1.17. The zero-order chi connectivity index (χ0) is 23.2. The molecule has 2 aromatic heterocycles. The normalized spacial score (nSPS) is 17.3. The molecule has 1 aromatic carbocycles. The van der Waals surface area contributed by atoms with Crippen LogP contribution in [0.3, 0.4) is 0 Å². The molecule has 2 aliphatic heterocycles. The van der Waals surface area contributed by atoms with Crippen LogP contribution >= 0.6 is 11.8 Å². The lowest BCUT2D eigenvalue weighted by molar-refractivity contribution is 0.162. The Kier molecular flexibility index (Phi) is 6.99. The van der Waals surface area contributed by atoms with Gasteiger partial charge in [-0.05, 0) is 35.8 Å². The van der Waals surface area contributed by atoms with Crippen molar-refractivity contribution in [1.29, 1.82) is 0 Å². The van der Waals surface area contributed by atoms with Crippen LogP contribution in [0.25, 0.3) is 6.08 Å². The van der Waals surface area contributed by atoms with Crippen LogP contribution in [0.1, 0.15) is 30.9 Å². The molecule has 0 atom stereocenters. The number of aliphatic imine (C=N–C) groups is 1. The first-order valence-electron chi connectivity index (χ1n) is 11.4. The highest BCUT2D eigenvalue weighted by molar-refractivity contribution is 8.04. The summed E-state index contributed by atoms with van der Waals surface area (Å²) in [6, 6.07) is 9.63. The van der Waals surface area contributed by atoms with Crippen molar-refractivity contribution in [3.8, 4) is 17.5 Å². The van der Waals surface area contributed by atoms with Gasteiger partial charge in [0.15, 0.2) is 0 Å². The second-order valence-electron chi connectivity index (χ2n) is 8.05. The molecule has 0 unspecified atom stereocenters. The molecule has 0 bridgehead atoms. The molecular weight excluding hydrogens is 448 g/mol. The molecule has 4 heterocycles. The van der Waals surface area contributed by atoms with Gasteiger partial charge in [-0.15, -0.1) is 11.8 Å². The zero-order valence-corrected chi connectivity index (χ0v) is 19.8. The highest BCUT2D eigenvalue weighted by Crippen LogP contribution is 2.27. The van der Waals surface area contributed by atoms with E-state index >= 15 is 0 Å². The predicted molar refractivity (Wildman–Crippen MR) is 135 cm³/mol. The smallest absolute Gasteiger partial charge is 0.226 e. The van der Waals surface area contributed by atoms with Crippen LogP contribution in [0.5, 0.6) is 17.5 Å². The lowest BCUT2D eigenvalue weighted by atomic mass is 10.1. The van der Waals surface area contributed by atoms with Crippen molar-refractivity contribution in [3.05, 3.63) is 65.1 Å². The molecule has 0 aliphatic carbocycles. The molecule has 1 saturated heterocycles. The summed E-state index contributed by atoms with van der Waals surface area (Å²) in [6.45, 7) is 3.79. The first-order chi connectivity index (χ1) is 16.7. The van der Waals surface area contributed by atoms with E-state index in [2.05, 4.69) is 42.8 Å². The fourth-order valence-corrected chi connectivity index (χ4v) is 4.46. The first-order valence-corrected chi connectivity index (χ1v) is 12.4. The van der Waals surface area contributed by atoms with E-state index in [1.54, 1.807) is 17.8 Å². The Hall–Kier alpha value is -3.46. The fourth-order valence-electron chi connectivity index (χ4n) is 3.79. The number of piperidine rings is 1. The van der Waals surface area contributed by atoms with Gasteiger partial charge >= 0.3 is 0 Å². The number of benzene rings is 1.